The quantitative estimate of drug-likeness (QED) is 0.500. The molecule has 0 saturated carbocycles. The van der Waals surface area contributed by atoms with Gasteiger partial charge >= 0.3 is 5.00 Å². The Morgan fingerprint density at radius 3 is 2.50 bits per heavy atom. The Bertz CT molecular complexity index is 728. The van der Waals surface area contributed by atoms with E-state index in [2.05, 4.69) is 0 Å². The highest BCUT2D eigenvalue weighted by Crippen LogP contribution is 2.36. The van der Waals surface area contributed by atoms with Crippen LogP contribution in [-0.4, -0.2) is 4.92 Å². The van der Waals surface area contributed by atoms with E-state index in [0.29, 0.717) is 0 Å². The minimum atomic E-state index is -0.348. The van der Waals surface area contributed by atoms with Crippen LogP contribution < -0.4 is 0 Å². The standard InChI is InChI=1S/C14H9NO2S/c16-15(17)14-9-8-13(18-14)12-7-3-5-10-4-1-2-6-11(10)12/h1-9H. The summed E-state index contributed by atoms with van der Waals surface area (Å²) < 4.78 is 0. The van der Waals surface area contributed by atoms with Crippen molar-refractivity contribution in [2.45, 2.75) is 0 Å². The summed E-state index contributed by atoms with van der Waals surface area (Å²) in [7, 11) is 0. The molecule has 3 rings (SSSR count). The lowest BCUT2D eigenvalue weighted by Gasteiger charge is -2.03. The average Bonchev–Trinajstić information content (AvgIpc) is 2.87. The number of hydrogen-bond donors (Lipinski definition) is 0. The van der Waals surface area contributed by atoms with Crippen molar-refractivity contribution in [2.24, 2.45) is 0 Å². The lowest BCUT2D eigenvalue weighted by Crippen LogP contribution is -1.80. The molecule has 0 N–H and O–H groups in total. The maximum absolute atomic E-state index is 10.7. The van der Waals surface area contributed by atoms with E-state index in [-0.39, 0.29) is 9.92 Å². The van der Waals surface area contributed by atoms with Crippen LogP contribution in [0.25, 0.3) is 21.2 Å². The van der Waals surface area contributed by atoms with Crippen LogP contribution in [-0.2, 0) is 0 Å². The third kappa shape index (κ3) is 1.76. The SMILES string of the molecule is O=[N+]([O-])c1ccc(-c2cccc3ccccc23)s1. The van der Waals surface area contributed by atoms with Crippen molar-refractivity contribution in [3.63, 3.8) is 0 Å². The number of fused-ring (bicyclic) bond motifs is 1. The molecule has 0 spiro atoms. The average molecular weight is 255 g/mol. The van der Waals surface area contributed by atoms with Gasteiger partial charge in [0.25, 0.3) is 0 Å². The van der Waals surface area contributed by atoms with E-state index in [9.17, 15) is 10.1 Å². The van der Waals surface area contributed by atoms with Crippen molar-refractivity contribution >= 4 is 27.1 Å². The second-order valence-electron chi connectivity index (χ2n) is 3.92. The summed E-state index contributed by atoms with van der Waals surface area (Å²) in [6.45, 7) is 0. The van der Waals surface area contributed by atoms with E-state index in [1.54, 1.807) is 6.07 Å². The van der Waals surface area contributed by atoms with E-state index < -0.39 is 0 Å². The summed E-state index contributed by atoms with van der Waals surface area (Å²) in [6.07, 6.45) is 0. The Kier molecular flexibility index (Phi) is 2.57. The van der Waals surface area contributed by atoms with Crippen molar-refractivity contribution in [1.29, 1.82) is 0 Å². The first-order valence-electron chi connectivity index (χ1n) is 5.48. The van der Waals surface area contributed by atoms with Gasteiger partial charge in [0.05, 0.1) is 4.92 Å². The lowest BCUT2D eigenvalue weighted by atomic mass is 10.0. The highest BCUT2D eigenvalue weighted by atomic mass is 32.1. The Morgan fingerprint density at radius 2 is 1.72 bits per heavy atom. The molecule has 0 aliphatic rings. The molecule has 1 heterocycles. The summed E-state index contributed by atoms with van der Waals surface area (Å²) in [5, 5.41) is 13.2. The van der Waals surface area contributed by atoms with Crippen molar-refractivity contribution < 1.29 is 4.92 Å². The van der Waals surface area contributed by atoms with E-state index in [4.69, 9.17) is 0 Å². The molecule has 4 heteroatoms. The van der Waals surface area contributed by atoms with E-state index >= 15 is 0 Å². The van der Waals surface area contributed by atoms with Crippen LogP contribution in [0.3, 0.4) is 0 Å². The number of nitrogens with zero attached hydrogens (tertiary/aromatic N) is 1. The van der Waals surface area contributed by atoms with Crippen LogP contribution in [0.4, 0.5) is 5.00 Å². The molecule has 0 amide bonds. The molecule has 2 aromatic carbocycles. The van der Waals surface area contributed by atoms with Gasteiger partial charge in [0.2, 0.25) is 0 Å². The molecule has 88 valence electrons. The normalized spacial score (nSPS) is 10.7. The zero-order chi connectivity index (χ0) is 12.5. The molecule has 0 saturated heterocycles. The van der Waals surface area contributed by atoms with Crippen molar-refractivity contribution in [1.82, 2.24) is 0 Å². The van der Waals surface area contributed by atoms with Crippen LogP contribution >= 0.6 is 11.3 Å². The van der Waals surface area contributed by atoms with E-state index in [0.717, 1.165) is 21.2 Å². The largest absolute Gasteiger partial charge is 0.324 e. The van der Waals surface area contributed by atoms with Gasteiger partial charge in [-0.25, -0.2) is 0 Å². The summed E-state index contributed by atoms with van der Waals surface area (Å²) >= 11 is 1.21. The van der Waals surface area contributed by atoms with Crippen LogP contribution in [0.2, 0.25) is 0 Å². The van der Waals surface area contributed by atoms with E-state index in [1.807, 2.05) is 48.5 Å². The third-order valence-corrected chi connectivity index (χ3v) is 3.90. The first kappa shape index (κ1) is 10.9. The zero-order valence-electron chi connectivity index (χ0n) is 9.37. The van der Waals surface area contributed by atoms with Crippen molar-refractivity contribution in [3.8, 4) is 10.4 Å². The molecule has 0 aliphatic heterocycles. The van der Waals surface area contributed by atoms with Crippen LogP contribution in [0.15, 0.2) is 54.6 Å². The van der Waals surface area contributed by atoms with Gasteiger partial charge < -0.3 is 0 Å². The van der Waals surface area contributed by atoms with Gasteiger partial charge in [0.15, 0.2) is 0 Å². The van der Waals surface area contributed by atoms with Gasteiger partial charge in [0.1, 0.15) is 0 Å². The second kappa shape index (κ2) is 4.23. The molecule has 0 radical (unpaired) electrons. The third-order valence-electron chi connectivity index (χ3n) is 2.83. The molecule has 0 fully saturated rings. The van der Waals surface area contributed by atoms with Gasteiger partial charge in [-0.2, -0.15) is 0 Å². The number of hydrogen-bond acceptors (Lipinski definition) is 3. The monoisotopic (exact) mass is 255 g/mol. The maximum atomic E-state index is 10.7. The van der Waals surface area contributed by atoms with Crippen LogP contribution in [0.1, 0.15) is 0 Å². The lowest BCUT2D eigenvalue weighted by molar-refractivity contribution is -0.380. The Balaban J connectivity index is 2.21. The fraction of sp³-hybridized carbons (Fsp3) is 0. The molecule has 3 aromatic rings. The van der Waals surface area contributed by atoms with Gasteiger partial charge in [0, 0.05) is 10.9 Å². The number of nitro groups is 1. The highest BCUT2D eigenvalue weighted by Gasteiger charge is 2.12. The fourth-order valence-electron chi connectivity index (χ4n) is 2.01. The fourth-order valence-corrected chi connectivity index (χ4v) is 2.87. The number of rotatable bonds is 2. The summed E-state index contributed by atoms with van der Waals surface area (Å²) in [4.78, 5) is 11.3. The minimum Gasteiger partial charge on any atom is -0.258 e. The topological polar surface area (TPSA) is 43.1 Å². The number of thiophene rings is 1. The molecule has 3 nitrogen and oxygen atoms in total. The maximum Gasteiger partial charge on any atom is 0.324 e. The number of benzene rings is 2. The first-order chi connectivity index (χ1) is 8.75. The van der Waals surface area contributed by atoms with Gasteiger partial charge in [-0.05, 0) is 22.4 Å². The minimum absolute atomic E-state index is 0.179. The molecular formula is C14H9NO2S. The van der Waals surface area contributed by atoms with Gasteiger partial charge in [-0.3, -0.25) is 10.1 Å². The van der Waals surface area contributed by atoms with E-state index in [1.165, 1.54) is 11.3 Å². The second-order valence-corrected chi connectivity index (χ2v) is 4.98. The highest BCUT2D eigenvalue weighted by molar-refractivity contribution is 7.18. The summed E-state index contributed by atoms with van der Waals surface area (Å²) in [5.74, 6) is 0. The summed E-state index contributed by atoms with van der Waals surface area (Å²) in [5.41, 5.74) is 1.05. The molecule has 0 atom stereocenters. The Labute approximate surface area is 107 Å². The molecule has 18 heavy (non-hydrogen) atoms. The summed E-state index contributed by atoms with van der Waals surface area (Å²) in [6, 6.07) is 17.4. The Hall–Kier alpha value is -2.20. The van der Waals surface area contributed by atoms with Gasteiger partial charge in [-0.15, -0.1) is 0 Å². The molecule has 0 aliphatic carbocycles. The molecular weight excluding hydrogens is 246 g/mol. The molecule has 1 aromatic heterocycles. The smallest absolute Gasteiger partial charge is 0.258 e. The van der Waals surface area contributed by atoms with Crippen molar-refractivity contribution in [3.05, 3.63) is 64.7 Å². The Morgan fingerprint density at radius 1 is 0.944 bits per heavy atom. The van der Waals surface area contributed by atoms with Crippen LogP contribution in [0, 0.1) is 10.1 Å². The van der Waals surface area contributed by atoms with Crippen molar-refractivity contribution in [2.75, 3.05) is 0 Å². The van der Waals surface area contributed by atoms with Crippen LogP contribution in [0.5, 0.6) is 0 Å². The predicted molar refractivity (Wildman–Crippen MR) is 73.9 cm³/mol. The first-order valence-corrected chi connectivity index (χ1v) is 6.30. The molecule has 0 unspecified atom stereocenters. The predicted octanol–water partition coefficient (Wildman–Crippen LogP) is 4.48. The molecule has 0 bridgehead atoms. The van der Waals surface area contributed by atoms with Gasteiger partial charge in [-0.1, -0.05) is 53.8 Å². The zero-order valence-corrected chi connectivity index (χ0v) is 10.2.